The van der Waals surface area contributed by atoms with E-state index in [4.69, 9.17) is 0 Å². The van der Waals surface area contributed by atoms with Gasteiger partial charge in [0.05, 0.1) is 7.11 Å². The van der Waals surface area contributed by atoms with Gasteiger partial charge in [0, 0.05) is 16.1 Å². The molecule has 0 heterocycles. The minimum absolute atomic E-state index is 0.281. The number of hydrogen-bond donors (Lipinski definition) is 1. The summed E-state index contributed by atoms with van der Waals surface area (Å²) >= 11 is 4.80. The van der Waals surface area contributed by atoms with Gasteiger partial charge in [-0.2, -0.15) is 11.8 Å². The molecule has 0 saturated heterocycles. The van der Waals surface area contributed by atoms with E-state index in [9.17, 15) is 14.0 Å². The monoisotopic (exact) mass is 389 g/mol. The van der Waals surface area contributed by atoms with Crippen LogP contribution in [0, 0.1) is 5.82 Å². The highest BCUT2D eigenvalue weighted by Crippen LogP contribution is 2.16. The van der Waals surface area contributed by atoms with Gasteiger partial charge in [-0.05, 0) is 42.7 Å². The van der Waals surface area contributed by atoms with Gasteiger partial charge in [-0.3, -0.25) is 4.79 Å². The highest BCUT2D eigenvalue weighted by atomic mass is 79.9. The zero-order valence-corrected chi connectivity index (χ0v) is 14.7. The summed E-state index contributed by atoms with van der Waals surface area (Å²) in [7, 11) is 1.27. The Bertz CT molecular complexity index is 566. The molecule has 0 fully saturated rings. The lowest BCUT2D eigenvalue weighted by Crippen LogP contribution is -2.41. The summed E-state index contributed by atoms with van der Waals surface area (Å²) in [6, 6.07) is 3.73. The smallest absolute Gasteiger partial charge is 0.328 e. The maximum absolute atomic E-state index is 13.6. The maximum Gasteiger partial charge on any atom is 0.328 e. The molecule has 0 bridgehead atoms. The fourth-order valence-corrected chi connectivity index (χ4v) is 2.50. The molecule has 1 atom stereocenters. The molecule has 7 heteroatoms. The number of hydrogen-bond acceptors (Lipinski definition) is 4. The van der Waals surface area contributed by atoms with Gasteiger partial charge in [-0.1, -0.05) is 15.9 Å². The Morgan fingerprint density at radius 2 is 2.23 bits per heavy atom. The van der Waals surface area contributed by atoms with Gasteiger partial charge in [-0.25, -0.2) is 9.18 Å². The van der Waals surface area contributed by atoms with Crippen molar-refractivity contribution in [3.8, 4) is 0 Å². The van der Waals surface area contributed by atoms with E-state index in [-0.39, 0.29) is 5.56 Å². The maximum atomic E-state index is 13.6. The number of esters is 1. The van der Waals surface area contributed by atoms with Crippen LogP contribution in [0.25, 0.3) is 6.08 Å². The van der Waals surface area contributed by atoms with Crippen molar-refractivity contribution >= 4 is 45.6 Å². The van der Waals surface area contributed by atoms with Crippen LogP contribution in [-0.4, -0.2) is 37.0 Å². The van der Waals surface area contributed by atoms with Crippen LogP contribution in [0.3, 0.4) is 0 Å². The normalized spacial score (nSPS) is 12.2. The van der Waals surface area contributed by atoms with Crippen LogP contribution in [0.15, 0.2) is 28.7 Å². The van der Waals surface area contributed by atoms with Crippen LogP contribution in [0.4, 0.5) is 4.39 Å². The average Bonchev–Trinajstić information content (AvgIpc) is 2.51. The lowest BCUT2D eigenvalue weighted by molar-refractivity contribution is -0.144. The summed E-state index contributed by atoms with van der Waals surface area (Å²) in [4.78, 5) is 23.4. The molecule has 0 aliphatic rings. The molecule has 0 unspecified atom stereocenters. The largest absolute Gasteiger partial charge is 0.467 e. The molecule has 22 heavy (non-hydrogen) atoms. The van der Waals surface area contributed by atoms with Gasteiger partial charge in [-0.15, -0.1) is 0 Å². The Labute approximate surface area is 141 Å². The second-order valence-corrected chi connectivity index (χ2v) is 6.27. The Balaban J connectivity index is 2.71. The summed E-state index contributed by atoms with van der Waals surface area (Å²) < 4.78 is 18.9. The minimum Gasteiger partial charge on any atom is -0.467 e. The second-order valence-electron chi connectivity index (χ2n) is 4.36. The number of rotatable bonds is 7. The van der Waals surface area contributed by atoms with Crippen molar-refractivity contribution in [1.29, 1.82) is 0 Å². The van der Waals surface area contributed by atoms with Gasteiger partial charge in [0.25, 0.3) is 0 Å². The zero-order valence-electron chi connectivity index (χ0n) is 12.3. The van der Waals surface area contributed by atoms with E-state index in [1.807, 2.05) is 6.26 Å². The van der Waals surface area contributed by atoms with E-state index >= 15 is 0 Å². The molecule has 1 N–H and O–H groups in total. The summed E-state index contributed by atoms with van der Waals surface area (Å²) in [6.07, 6.45) is 4.93. The summed E-state index contributed by atoms with van der Waals surface area (Å²) in [5, 5.41) is 2.56. The molecular formula is C15H17BrFNO3S. The van der Waals surface area contributed by atoms with Crippen molar-refractivity contribution in [3.63, 3.8) is 0 Å². The number of methoxy groups -OCH3 is 1. The third-order valence-electron chi connectivity index (χ3n) is 2.79. The molecule has 0 aliphatic carbocycles. The lowest BCUT2D eigenvalue weighted by Gasteiger charge is -2.14. The molecular weight excluding hydrogens is 373 g/mol. The van der Waals surface area contributed by atoms with Crippen molar-refractivity contribution in [2.45, 2.75) is 12.5 Å². The Kier molecular flexibility index (Phi) is 8.19. The number of thioether (sulfide) groups is 1. The Hall–Kier alpha value is -1.34. The van der Waals surface area contributed by atoms with Gasteiger partial charge < -0.3 is 10.1 Å². The van der Waals surface area contributed by atoms with Crippen molar-refractivity contribution in [1.82, 2.24) is 5.32 Å². The summed E-state index contributed by atoms with van der Waals surface area (Å²) in [5.41, 5.74) is 0.281. The van der Waals surface area contributed by atoms with Crippen LogP contribution in [0.2, 0.25) is 0 Å². The van der Waals surface area contributed by atoms with Crippen LogP contribution < -0.4 is 5.32 Å². The van der Waals surface area contributed by atoms with Crippen LogP contribution in [-0.2, 0) is 14.3 Å². The standard InChI is InChI=1S/C15H17BrFNO3S/c1-21-15(20)13(7-8-22-2)18-14(19)6-3-10-9-11(16)4-5-12(10)17/h3-6,9,13H,7-8H2,1-2H3,(H,18,19)/b6-3+/t13-/m0/s1. The van der Waals surface area contributed by atoms with Crippen molar-refractivity contribution in [3.05, 3.63) is 40.1 Å². The van der Waals surface area contributed by atoms with Gasteiger partial charge in [0.2, 0.25) is 5.91 Å². The Morgan fingerprint density at radius 1 is 1.50 bits per heavy atom. The van der Waals surface area contributed by atoms with Crippen molar-refractivity contribution < 1.29 is 18.7 Å². The predicted molar refractivity (Wildman–Crippen MR) is 90.1 cm³/mol. The number of amides is 1. The number of nitrogens with one attached hydrogen (secondary N) is 1. The Morgan fingerprint density at radius 3 is 2.86 bits per heavy atom. The van der Waals surface area contributed by atoms with E-state index in [0.717, 1.165) is 0 Å². The minimum atomic E-state index is -0.707. The third-order valence-corrected chi connectivity index (χ3v) is 3.92. The SMILES string of the molecule is COC(=O)[C@H](CCSC)NC(=O)/C=C/c1cc(Br)ccc1F. The molecule has 0 aromatic heterocycles. The first-order chi connectivity index (χ1) is 10.5. The van der Waals surface area contributed by atoms with Gasteiger partial charge in [0.1, 0.15) is 11.9 Å². The fourth-order valence-electron chi connectivity index (χ4n) is 1.65. The molecule has 1 aromatic rings. The average molecular weight is 390 g/mol. The molecule has 0 radical (unpaired) electrons. The van der Waals surface area contributed by atoms with Gasteiger partial charge in [0.15, 0.2) is 0 Å². The molecule has 1 aromatic carbocycles. The number of ether oxygens (including phenoxy) is 1. The first kappa shape index (κ1) is 18.7. The van der Waals surface area contributed by atoms with E-state index in [1.165, 1.54) is 25.3 Å². The van der Waals surface area contributed by atoms with E-state index in [2.05, 4.69) is 26.0 Å². The molecule has 1 amide bonds. The molecule has 0 spiro atoms. The topological polar surface area (TPSA) is 55.4 Å². The van der Waals surface area contributed by atoms with Crippen LogP contribution >= 0.6 is 27.7 Å². The zero-order chi connectivity index (χ0) is 16.5. The third kappa shape index (κ3) is 6.19. The molecule has 0 saturated carbocycles. The summed E-state index contributed by atoms with van der Waals surface area (Å²) in [5.74, 6) is -0.691. The van der Waals surface area contributed by atoms with Crippen LogP contribution in [0.5, 0.6) is 0 Å². The fraction of sp³-hybridized carbons (Fsp3) is 0.333. The van der Waals surface area contributed by atoms with Gasteiger partial charge >= 0.3 is 5.97 Å². The molecule has 1 rings (SSSR count). The number of carbonyl (C=O) groups is 2. The highest BCUT2D eigenvalue weighted by molar-refractivity contribution is 9.10. The molecule has 120 valence electrons. The van der Waals surface area contributed by atoms with E-state index in [0.29, 0.717) is 16.6 Å². The summed E-state index contributed by atoms with van der Waals surface area (Å²) in [6.45, 7) is 0. The van der Waals surface area contributed by atoms with E-state index in [1.54, 1.807) is 23.9 Å². The molecule has 0 aliphatic heterocycles. The first-order valence-electron chi connectivity index (χ1n) is 6.48. The van der Waals surface area contributed by atoms with Crippen molar-refractivity contribution in [2.75, 3.05) is 19.1 Å². The van der Waals surface area contributed by atoms with Crippen LogP contribution in [0.1, 0.15) is 12.0 Å². The predicted octanol–water partition coefficient (Wildman–Crippen LogP) is 3.01. The van der Waals surface area contributed by atoms with Crippen molar-refractivity contribution in [2.24, 2.45) is 0 Å². The second kappa shape index (κ2) is 9.63. The van der Waals surface area contributed by atoms with E-state index < -0.39 is 23.7 Å². The molecule has 4 nitrogen and oxygen atoms in total. The lowest BCUT2D eigenvalue weighted by atomic mass is 10.2. The highest BCUT2D eigenvalue weighted by Gasteiger charge is 2.19. The first-order valence-corrected chi connectivity index (χ1v) is 8.67. The number of halogens is 2. The quantitative estimate of drug-likeness (QED) is 0.575. The number of benzene rings is 1. The number of carbonyl (C=O) groups excluding carboxylic acids is 2.